The molecule has 0 N–H and O–H groups in total. The van der Waals surface area contributed by atoms with Gasteiger partial charge in [0.2, 0.25) is 5.78 Å². The van der Waals surface area contributed by atoms with E-state index in [1.54, 1.807) is 28.7 Å². The summed E-state index contributed by atoms with van der Waals surface area (Å²) in [4.78, 5) is 16.0. The van der Waals surface area contributed by atoms with Gasteiger partial charge in [0.15, 0.2) is 0 Å². The number of rotatable bonds is 5. The van der Waals surface area contributed by atoms with Crippen molar-refractivity contribution in [2.75, 3.05) is 6.54 Å². The molecule has 2 rings (SSSR count). The van der Waals surface area contributed by atoms with Crippen LogP contribution in [0.3, 0.4) is 0 Å². The smallest absolute Gasteiger partial charge is 0.207 e. The summed E-state index contributed by atoms with van der Waals surface area (Å²) >= 11 is 2.97. The van der Waals surface area contributed by atoms with E-state index in [1.165, 1.54) is 11.3 Å². The van der Waals surface area contributed by atoms with Crippen molar-refractivity contribution in [2.24, 2.45) is 5.10 Å². The van der Waals surface area contributed by atoms with Crippen molar-refractivity contribution >= 4 is 33.9 Å². The van der Waals surface area contributed by atoms with Crippen LogP contribution in [0.15, 0.2) is 27.1 Å². The third-order valence-corrected chi connectivity index (χ3v) is 3.93. The zero-order chi connectivity index (χ0) is 13.0. The minimum absolute atomic E-state index is 0.0508. The van der Waals surface area contributed by atoms with E-state index < -0.39 is 0 Å². The van der Waals surface area contributed by atoms with Gasteiger partial charge in [0.25, 0.3) is 0 Å². The average Bonchev–Trinajstić information content (AvgIpc) is 2.96. The molecule has 1 aliphatic rings. The van der Waals surface area contributed by atoms with Gasteiger partial charge in [0.05, 0.1) is 10.6 Å². The zero-order valence-corrected chi connectivity index (χ0v) is 12.1. The molecule has 0 unspecified atom stereocenters. The van der Waals surface area contributed by atoms with Gasteiger partial charge >= 0.3 is 0 Å². The molecule has 0 fully saturated rings. The van der Waals surface area contributed by atoms with Gasteiger partial charge in [0.1, 0.15) is 10.7 Å². The largest absolute Gasteiger partial charge is 0.287 e. The van der Waals surface area contributed by atoms with Crippen LogP contribution in [0.4, 0.5) is 0 Å². The van der Waals surface area contributed by atoms with E-state index in [9.17, 15) is 4.79 Å². The Morgan fingerprint density at radius 3 is 3.06 bits per heavy atom. The van der Waals surface area contributed by atoms with Crippen LogP contribution >= 0.6 is 23.1 Å². The standard InChI is InChI=1S/C12H15N3OS2/c1-3-4-5-15-12(18-9(2)14-15)6-11(16)10-7-17-8-13-10/h6-8H,3-5H2,1-2H3/b12-6-. The number of thiazole rings is 1. The maximum atomic E-state index is 12.0. The molecule has 0 amide bonds. The van der Waals surface area contributed by atoms with Crippen molar-refractivity contribution in [2.45, 2.75) is 26.7 Å². The number of ketones is 1. The number of aromatic nitrogens is 1. The van der Waals surface area contributed by atoms with Gasteiger partial charge in [-0.25, -0.2) is 4.98 Å². The monoisotopic (exact) mass is 281 g/mol. The zero-order valence-electron chi connectivity index (χ0n) is 10.4. The summed E-state index contributed by atoms with van der Waals surface area (Å²) in [6, 6.07) is 0. The van der Waals surface area contributed by atoms with Crippen LogP contribution < -0.4 is 0 Å². The Bertz CT molecular complexity index is 480. The Labute approximate surface area is 115 Å². The number of hydrogen-bond acceptors (Lipinski definition) is 6. The van der Waals surface area contributed by atoms with Crippen molar-refractivity contribution in [3.05, 3.63) is 27.7 Å². The molecule has 0 aliphatic carbocycles. The summed E-state index contributed by atoms with van der Waals surface area (Å²) in [5.41, 5.74) is 2.18. The fraction of sp³-hybridized carbons (Fsp3) is 0.417. The molecule has 6 heteroatoms. The third kappa shape index (κ3) is 3.20. The quantitative estimate of drug-likeness (QED) is 0.613. The molecule has 0 bridgehead atoms. The molecule has 0 atom stereocenters. The Kier molecular flexibility index (Phi) is 4.54. The lowest BCUT2D eigenvalue weighted by molar-refractivity contribution is 0.104. The van der Waals surface area contributed by atoms with Crippen molar-refractivity contribution < 1.29 is 4.79 Å². The number of carbonyl (C=O) groups is 1. The lowest BCUT2D eigenvalue weighted by Crippen LogP contribution is -2.14. The van der Waals surface area contributed by atoms with E-state index in [0.717, 1.165) is 29.5 Å². The van der Waals surface area contributed by atoms with Crippen molar-refractivity contribution in [3.8, 4) is 0 Å². The first-order valence-corrected chi connectivity index (χ1v) is 7.61. The van der Waals surface area contributed by atoms with Crippen molar-refractivity contribution in [3.63, 3.8) is 0 Å². The van der Waals surface area contributed by atoms with Crippen molar-refractivity contribution in [1.82, 2.24) is 9.99 Å². The van der Waals surface area contributed by atoms with Gasteiger partial charge in [-0.2, -0.15) is 5.10 Å². The topological polar surface area (TPSA) is 45.6 Å². The number of hydrazone groups is 1. The minimum Gasteiger partial charge on any atom is -0.287 e. The molecule has 18 heavy (non-hydrogen) atoms. The molecule has 0 saturated carbocycles. The molecule has 0 aromatic carbocycles. The Balaban J connectivity index is 2.09. The van der Waals surface area contributed by atoms with Gasteiger partial charge in [0, 0.05) is 18.0 Å². The molecule has 96 valence electrons. The fourth-order valence-corrected chi connectivity index (χ4v) is 2.92. The predicted molar refractivity (Wildman–Crippen MR) is 76.8 cm³/mol. The second-order valence-electron chi connectivity index (χ2n) is 3.92. The Morgan fingerprint density at radius 2 is 2.39 bits per heavy atom. The summed E-state index contributed by atoms with van der Waals surface area (Å²) in [5, 5.41) is 9.97. The lowest BCUT2D eigenvalue weighted by atomic mass is 10.3. The van der Waals surface area contributed by atoms with Gasteiger partial charge in [-0.15, -0.1) is 11.3 Å². The van der Waals surface area contributed by atoms with Crippen LogP contribution in [0.5, 0.6) is 0 Å². The summed E-state index contributed by atoms with van der Waals surface area (Å²) in [5.74, 6) is -0.0508. The first-order chi connectivity index (χ1) is 8.70. The highest BCUT2D eigenvalue weighted by Crippen LogP contribution is 2.30. The number of thioether (sulfide) groups is 1. The Morgan fingerprint density at radius 1 is 1.56 bits per heavy atom. The summed E-state index contributed by atoms with van der Waals surface area (Å²) in [7, 11) is 0. The fourth-order valence-electron chi connectivity index (χ4n) is 1.54. The van der Waals surface area contributed by atoms with Crippen LogP contribution in [-0.2, 0) is 0 Å². The number of nitrogens with zero attached hydrogens (tertiary/aromatic N) is 3. The molecule has 0 spiro atoms. The van der Waals surface area contributed by atoms with E-state index in [4.69, 9.17) is 0 Å². The Hall–Kier alpha value is -1.14. The van der Waals surface area contributed by atoms with Crippen LogP contribution in [0.2, 0.25) is 0 Å². The number of hydrogen-bond donors (Lipinski definition) is 0. The third-order valence-electron chi connectivity index (χ3n) is 2.43. The highest BCUT2D eigenvalue weighted by atomic mass is 32.2. The predicted octanol–water partition coefficient (Wildman–Crippen LogP) is 3.35. The second kappa shape index (κ2) is 6.15. The van der Waals surface area contributed by atoms with Gasteiger partial charge < -0.3 is 0 Å². The number of unbranched alkanes of at least 4 members (excludes halogenated alkanes) is 1. The van der Waals surface area contributed by atoms with E-state index >= 15 is 0 Å². The molecule has 1 aliphatic heterocycles. The van der Waals surface area contributed by atoms with E-state index in [-0.39, 0.29) is 5.78 Å². The summed E-state index contributed by atoms with van der Waals surface area (Å²) < 4.78 is 0. The molecule has 1 aromatic rings. The van der Waals surface area contributed by atoms with E-state index in [1.807, 2.05) is 11.9 Å². The number of allylic oxidation sites excluding steroid dienone is 1. The van der Waals surface area contributed by atoms with E-state index in [0.29, 0.717) is 5.69 Å². The van der Waals surface area contributed by atoms with Crippen molar-refractivity contribution in [1.29, 1.82) is 0 Å². The molecule has 4 nitrogen and oxygen atoms in total. The normalized spacial score (nSPS) is 17.3. The maximum absolute atomic E-state index is 12.0. The van der Waals surface area contributed by atoms with Gasteiger partial charge in [-0.1, -0.05) is 25.1 Å². The molecule has 0 saturated heterocycles. The molecule has 1 aromatic heterocycles. The molecular weight excluding hydrogens is 266 g/mol. The van der Waals surface area contributed by atoms with E-state index in [2.05, 4.69) is 17.0 Å². The highest BCUT2D eigenvalue weighted by Gasteiger charge is 2.20. The van der Waals surface area contributed by atoms with Gasteiger partial charge in [-0.3, -0.25) is 9.80 Å². The van der Waals surface area contributed by atoms with Crippen LogP contribution in [0.1, 0.15) is 37.2 Å². The van der Waals surface area contributed by atoms with Gasteiger partial charge in [-0.05, 0) is 13.3 Å². The number of carbonyl (C=O) groups excluding carboxylic acids is 1. The minimum atomic E-state index is -0.0508. The molecular formula is C12H15N3OS2. The van der Waals surface area contributed by atoms with Crippen LogP contribution in [-0.4, -0.2) is 27.4 Å². The SMILES string of the molecule is CCCCN1N=C(C)S/C1=C\C(=O)c1cscn1. The summed E-state index contributed by atoms with van der Waals surface area (Å²) in [6.07, 6.45) is 3.82. The van der Waals surface area contributed by atoms with Crippen LogP contribution in [0.25, 0.3) is 0 Å². The lowest BCUT2D eigenvalue weighted by Gasteiger charge is -2.14. The first-order valence-electron chi connectivity index (χ1n) is 5.85. The maximum Gasteiger partial charge on any atom is 0.207 e. The average molecular weight is 281 g/mol. The molecule has 0 radical (unpaired) electrons. The highest BCUT2D eigenvalue weighted by molar-refractivity contribution is 8.17. The molecule has 2 heterocycles. The first kappa shape index (κ1) is 13.3. The second-order valence-corrected chi connectivity index (χ2v) is 5.85. The summed E-state index contributed by atoms with van der Waals surface area (Å²) in [6.45, 7) is 4.96. The van der Waals surface area contributed by atoms with Crippen LogP contribution in [0, 0.1) is 0 Å².